The van der Waals surface area contributed by atoms with Crippen LogP contribution in [0.3, 0.4) is 0 Å². The molecule has 0 radical (unpaired) electrons. The zero-order valence-corrected chi connectivity index (χ0v) is 21.3. The summed E-state index contributed by atoms with van der Waals surface area (Å²) in [6, 6.07) is 7.69. The average Bonchev–Trinajstić information content (AvgIpc) is 3.31. The van der Waals surface area contributed by atoms with E-state index in [0.29, 0.717) is 30.8 Å². The summed E-state index contributed by atoms with van der Waals surface area (Å²) in [4.78, 5) is 18.9. The van der Waals surface area contributed by atoms with Gasteiger partial charge in [0.25, 0.3) is 0 Å². The molecule has 2 aliphatic heterocycles. The number of aromatic nitrogens is 1. The molecule has 0 amide bonds. The number of pyridine rings is 1. The van der Waals surface area contributed by atoms with Crippen molar-refractivity contribution < 1.29 is 23.8 Å². The van der Waals surface area contributed by atoms with E-state index in [-0.39, 0.29) is 18.8 Å². The predicted octanol–water partition coefficient (Wildman–Crippen LogP) is 4.74. The Hall–Kier alpha value is -2.55. The number of anilines is 1. The van der Waals surface area contributed by atoms with Gasteiger partial charge in [0.1, 0.15) is 17.7 Å². The van der Waals surface area contributed by atoms with Crippen LogP contribution in [-0.4, -0.2) is 59.4 Å². The van der Waals surface area contributed by atoms with Gasteiger partial charge in [0, 0.05) is 31.9 Å². The van der Waals surface area contributed by atoms with E-state index in [1.165, 1.54) is 17.7 Å². The minimum absolute atomic E-state index is 0.00422. The predicted molar refractivity (Wildman–Crippen MR) is 137 cm³/mol. The summed E-state index contributed by atoms with van der Waals surface area (Å²) in [5.74, 6) is -0.397. The van der Waals surface area contributed by atoms with Gasteiger partial charge in [-0.1, -0.05) is 12.1 Å². The lowest BCUT2D eigenvalue weighted by atomic mass is 9.99. The zero-order valence-electron chi connectivity index (χ0n) is 21.3. The molecule has 196 valence electrons. The summed E-state index contributed by atoms with van der Waals surface area (Å²) in [7, 11) is 0. The molecule has 36 heavy (non-hydrogen) atoms. The molecule has 7 nitrogen and oxygen atoms in total. The summed E-state index contributed by atoms with van der Waals surface area (Å²) >= 11 is 0. The average molecular weight is 500 g/mol. The van der Waals surface area contributed by atoms with E-state index >= 15 is 0 Å². The van der Waals surface area contributed by atoms with E-state index < -0.39 is 17.8 Å². The molecule has 3 heterocycles. The molecule has 1 fully saturated rings. The highest BCUT2D eigenvalue weighted by Crippen LogP contribution is 2.30. The lowest BCUT2D eigenvalue weighted by Gasteiger charge is -2.26. The molecule has 2 atom stereocenters. The second kappa shape index (κ2) is 12.6. The first kappa shape index (κ1) is 26.5. The van der Waals surface area contributed by atoms with Gasteiger partial charge in [-0.25, -0.2) is 9.37 Å². The number of carboxylic acids is 1. The van der Waals surface area contributed by atoms with Crippen molar-refractivity contribution in [2.45, 2.75) is 77.2 Å². The first-order valence-electron chi connectivity index (χ1n) is 13.1. The fourth-order valence-corrected chi connectivity index (χ4v) is 4.98. The number of likely N-dealkylation sites (tertiary alicyclic amines) is 1. The molecule has 2 N–H and O–H groups in total. The number of nitrogens with one attached hydrogen (secondary N) is 1. The monoisotopic (exact) mass is 499 g/mol. The second-order valence-electron chi connectivity index (χ2n) is 10.0. The lowest BCUT2D eigenvalue weighted by molar-refractivity contribution is -0.143. The van der Waals surface area contributed by atoms with Crippen molar-refractivity contribution >= 4 is 11.8 Å². The van der Waals surface area contributed by atoms with Crippen molar-refractivity contribution in [1.82, 2.24) is 9.88 Å². The van der Waals surface area contributed by atoms with Crippen LogP contribution in [0.1, 0.15) is 68.0 Å². The highest BCUT2D eigenvalue weighted by atomic mass is 19.1. The van der Waals surface area contributed by atoms with Crippen LogP contribution < -0.4 is 5.32 Å². The van der Waals surface area contributed by atoms with Crippen LogP contribution in [0.4, 0.5) is 10.2 Å². The van der Waals surface area contributed by atoms with Crippen molar-refractivity contribution in [2.75, 3.05) is 31.6 Å². The SMILES string of the molecule is CC(C)OCc1ccc(F)cc1C(C(=O)O)N1CC[C@@H](OCCCCc2ccc3c(n2)NCCC3)C1. The minimum Gasteiger partial charge on any atom is -0.480 e. The molecule has 0 aliphatic carbocycles. The number of rotatable bonds is 12. The minimum atomic E-state index is -0.987. The lowest BCUT2D eigenvalue weighted by Crippen LogP contribution is -2.34. The van der Waals surface area contributed by atoms with Crippen LogP contribution >= 0.6 is 0 Å². The molecule has 1 unspecified atom stereocenters. The van der Waals surface area contributed by atoms with E-state index in [9.17, 15) is 14.3 Å². The highest BCUT2D eigenvalue weighted by Gasteiger charge is 2.35. The van der Waals surface area contributed by atoms with Gasteiger partial charge in [-0.3, -0.25) is 9.69 Å². The number of aryl methyl sites for hydroxylation is 2. The molecule has 4 rings (SSSR count). The van der Waals surface area contributed by atoms with Crippen molar-refractivity contribution in [1.29, 1.82) is 0 Å². The quantitative estimate of drug-likeness (QED) is 0.408. The van der Waals surface area contributed by atoms with Crippen molar-refractivity contribution in [2.24, 2.45) is 0 Å². The molecular weight excluding hydrogens is 461 g/mol. The topological polar surface area (TPSA) is 83.9 Å². The number of hydrogen-bond acceptors (Lipinski definition) is 6. The molecule has 2 aliphatic rings. The maximum atomic E-state index is 14.1. The van der Waals surface area contributed by atoms with E-state index in [0.717, 1.165) is 56.6 Å². The first-order chi connectivity index (χ1) is 17.4. The fraction of sp³-hybridized carbons (Fsp3) is 0.571. The number of halogens is 1. The Morgan fingerprint density at radius 2 is 2.14 bits per heavy atom. The Labute approximate surface area is 213 Å². The van der Waals surface area contributed by atoms with E-state index in [2.05, 4.69) is 17.4 Å². The van der Waals surface area contributed by atoms with Gasteiger partial charge in [-0.15, -0.1) is 0 Å². The number of fused-ring (bicyclic) bond motifs is 1. The van der Waals surface area contributed by atoms with Gasteiger partial charge in [-0.05, 0) is 87.3 Å². The van der Waals surface area contributed by atoms with Crippen molar-refractivity contribution in [3.63, 3.8) is 0 Å². The van der Waals surface area contributed by atoms with Crippen LogP contribution in [0.25, 0.3) is 0 Å². The van der Waals surface area contributed by atoms with Gasteiger partial charge >= 0.3 is 5.97 Å². The van der Waals surface area contributed by atoms with Crippen LogP contribution in [0, 0.1) is 5.82 Å². The number of unbranched alkanes of at least 4 members (excludes halogenated alkanes) is 1. The smallest absolute Gasteiger partial charge is 0.325 e. The summed E-state index contributed by atoms with van der Waals surface area (Å²) in [6.07, 6.45) is 5.81. The van der Waals surface area contributed by atoms with Gasteiger partial charge < -0.3 is 19.9 Å². The summed E-state index contributed by atoms with van der Waals surface area (Å²) in [5, 5.41) is 13.4. The molecular formula is C28H38FN3O4. The number of ether oxygens (including phenoxy) is 2. The molecule has 8 heteroatoms. The van der Waals surface area contributed by atoms with Crippen LogP contribution in [-0.2, 0) is 33.7 Å². The Morgan fingerprint density at radius 1 is 1.28 bits per heavy atom. The Kier molecular flexibility index (Phi) is 9.29. The number of carbonyl (C=O) groups is 1. The van der Waals surface area contributed by atoms with Gasteiger partial charge in [0.2, 0.25) is 0 Å². The third-order valence-electron chi connectivity index (χ3n) is 6.88. The molecule has 0 saturated carbocycles. The first-order valence-corrected chi connectivity index (χ1v) is 13.1. The summed E-state index contributed by atoms with van der Waals surface area (Å²) in [6.45, 7) is 6.81. The van der Waals surface area contributed by atoms with Crippen molar-refractivity contribution in [3.8, 4) is 0 Å². The largest absolute Gasteiger partial charge is 0.480 e. The van der Waals surface area contributed by atoms with Crippen LogP contribution in [0.2, 0.25) is 0 Å². The van der Waals surface area contributed by atoms with E-state index in [4.69, 9.17) is 14.5 Å². The van der Waals surface area contributed by atoms with Gasteiger partial charge in [-0.2, -0.15) is 0 Å². The van der Waals surface area contributed by atoms with Crippen LogP contribution in [0.15, 0.2) is 30.3 Å². The summed E-state index contributed by atoms with van der Waals surface area (Å²) < 4.78 is 25.9. The zero-order chi connectivity index (χ0) is 25.5. The Morgan fingerprint density at radius 3 is 2.94 bits per heavy atom. The second-order valence-corrected chi connectivity index (χ2v) is 10.0. The van der Waals surface area contributed by atoms with E-state index in [1.54, 1.807) is 6.07 Å². The number of carboxylic acid groups (broad SMARTS) is 1. The molecule has 2 aromatic rings. The molecule has 0 spiro atoms. The number of aliphatic carboxylic acids is 1. The van der Waals surface area contributed by atoms with Crippen molar-refractivity contribution in [3.05, 3.63) is 58.5 Å². The molecule has 0 bridgehead atoms. The number of benzene rings is 1. The number of nitrogens with zero attached hydrogens (tertiary/aromatic N) is 2. The van der Waals surface area contributed by atoms with E-state index in [1.807, 2.05) is 18.7 Å². The third kappa shape index (κ3) is 7.02. The fourth-order valence-electron chi connectivity index (χ4n) is 4.98. The Bertz CT molecular complexity index is 1030. The standard InChI is InChI=1S/C28H38FN3O4/c1-19(2)36-18-21-8-10-22(29)16-25(21)26(28(33)34)32-14-12-24(17-32)35-15-4-3-7-23-11-9-20-6-5-13-30-27(20)31-23/h8-11,16,19,24,26H,3-7,12-15,17-18H2,1-2H3,(H,30,31)(H,33,34)/t24-,26?/m1/s1. The summed E-state index contributed by atoms with van der Waals surface area (Å²) in [5.41, 5.74) is 3.56. The normalized spacial score (nSPS) is 18.7. The Balaban J connectivity index is 1.27. The third-order valence-corrected chi connectivity index (χ3v) is 6.88. The molecule has 1 aromatic carbocycles. The molecule has 1 saturated heterocycles. The highest BCUT2D eigenvalue weighted by molar-refractivity contribution is 5.76. The molecule has 1 aromatic heterocycles. The number of hydrogen-bond donors (Lipinski definition) is 2. The van der Waals surface area contributed by atoms with Crippen LogP contribution in [0.5, 0.6) is 0 Å². The van der Waals surface area contributed by atoms with Gasteiger partial charge in [0.15, 0.2) is 0 Å². The van der Waals surface area contributed by atoms with Gasteiger partial charge in [0.05, 0.1) is 18.8 Å². The maximum Gasteiger partial charge on any atom is 0.325 e. The maximum absolute atomic E-state index is 14.1.